The predicted molar refractivity (Wildman–Crippen MR) is 76.7 cm³/mol. The topological polar surface area (TPSA) is 60.9 Å². The summed E-state index contributed by atoms with van der Waals surface area (Å²) in [6.45, 7) is 4.74. The monoisotopic (exact) mass is 276 g/mol. The van der Waals surface area contributed by atoms with Crippen molar-refractivity contribution in [2.45, 2.75) is 32.4 Å². The van der Waals surface area contributed by atoms with Gasteiger partial charge in [0.15, 0.2) is 0 Å². The van der Waals surface area contributed by atoms with E-state index in [9.17, 15) is 9.59 Å². The molecule has 1 aromatic carbocycles. The van der Waals surface area contributed by atoms with Gasteiger partial charge in [0, 0.05) is 31.7 Å². The lowest BCUT2D eigenvalue weighted by atomic mass is 9.98. The first-order valence-electron chi connectivity index (χ1n) is 6.81. The molecule has 1 aromatic rings. The molecule has 20 heavy (non-hydrogen) atoms. The molecule has 5 heteroatoms. The van der Waals surface area contributed by atoms with Gasteiger partial charge in [0.1, 0.15) is 0 Å². The molecule has 2 atom stereocenters. The predicted octanol–water partition coefficient (Wildman–Crippen LogP) is 1.59. The Morgan fingerprint density at radius 2 is 1.90 bits per heavy atom. The van der Waals surface area contributed by atoms with Gasteiger partial charge in [0.05, 0.1) is 12.5 Å². The van der Waals surface area contributed by atoms with Crippen LogP contribution >= 0.6 is 0 Å². The first-order chi connectivity index (χ1) is 9.50. The first kappa shape index (κ1) is 14.4. The lowest BCUT2D eigenvalue weighted by Gasteiger charge is -2.46. The van der Waals surface area contributed by atoms with Crippen molar-refractivity contribution in [3.63, 3.8) is 0 Å². The standard InChI is InChI=1S/C15H20N2O3/c1-11-14(10-15(19)20)17(9-8-16(11)12(2)18)13-6-4-3-5-7-13/h3-7,11,14H,8-10H2,1-2H3,(H,19,20)/t11-,14-/m0/s1. The molecular weight excluding hydrogens is 256 g/mol. The van der Waals surface area contributed by atoms with E-state index >= 15 is 0 Å². The van der Waals surface area contributed by atoms with E-state index in [0.717, 1.165) is 5.69 Å². The lowest BCUT2D eigenvalue weighted by Crippen LogP contribution is -2.60. The van der Waals surface area contributed by atoms with E-state index in [1.54, 1.807) is 4.90 Å². The summed E-state index contributed by atoms with van der Waals surface area (Å²) in [5.41, 5.74) is 1.01. The zero-order valence-corrected chi connectivity index (χ0v) is 11.8. The molecule has 0 aliphatic carbocycles. The Bertz CT molecular complexity index is 489. The Morgan fingerprint density at radius 1 is 1.25 bits per heavy atom. The summed E-state index contributed by atoms with van der Waals surface area (Å²) in [5.74, 6) is -0.839. The SMILES string of the molecule is CC(=O)N1CCN(c2ccccc2)[C@@H](CC(=O)O)[C@@H]1C. The average Bonchev–Trinajstić information content (AvgIpc) is 2.41. The normalized spacial score (nSPS) is 22.7. The van der Waals surface area contributed by atoms with Crippen molar-refractivity contribution in [2.24, 2.45) is 0 Å². The number of hydrogen-bond donors (Lipinski definition) is 1. The Labute approximate surface area is 118 Å². The van der Waals surface area contributed by atoms with Crippen LogP contribution in [-0.2, 0) is 9.59 Å². The second-order valence-corrected chi connectivity index (χ2v) is 5.15. The van der Waals surface area contributed by atoms with Gasteiger partial charge < -0.3 is 14.9 Å². The first-order valence-corrected chi connectivity index (χ1v) is 6.81. The number of benzene rings is 1. The van der Waals surface area contributed by atoms with E-state index in [2.05, 4.69) is 4.90 Å². The molecule has 108 valence electrons. The summed E-state index contributed by atoms with van der Waals surface area (Å²) < 4.78 is 0. The maximum Gasteiger partial charge on any atom is 0.305 e. The summed E-state index contributed by atoms with van der Waals surface area (Å²) in [5, 5.41) is 9.14. The molecule has 0 radical (unpaired) electrons. The molecule has 1 saturated heterocycles. The van der Waals surface area contributed by atoms with Crippen molar-refractivity contribution in [3.8, 4) is 0 Å². The number of aliphatic carboxylic acids is 1. The molecule has 1 fully saturated rings. The van der Waals surface area contributed by atoms with Crippen LogP contribution < -0.4 is 4.90 Å². The summed E-state index contributed by atoms with van der Waals surface area (Å²) in [7, 11) is 0. The summed E-state index contributed by atoms with van der Waals surface area (Å²) in [4.78, 5) is 26.6. The molecular formula is C15H20N2O3. The van der Waals surface area contributed by atoms with Crippen LogP contribution in [0.1, 0.15) is 20.3 Å². The fourth-order valence-corrected chi connectivity index (χ4v) is 2.90. The Balaban J connectivity index is 2.27. The van der Waals surface area contributed by atoms with Crippen molar-refractivity contribution in [1.82, 2.24) is 4.90 Å². The van der Waals surface area contributed by atoms with E-state index in [0.29, 0.717) is 13.1 Å². The number of carbonyl (C=O) groups is 2. The third-order valence-electron chi connectivity index (χ3n) is 3.91. The highest BCUT2D eigenvalue weighted by atomic mass is 16.4. The number of amides is 1. The number of carboxylic acid groups (broad SMARTS) is 1. The van der Waals surface area contributed by atoms with Crippen LogP contribution in [0.5, 0.6) is 0 Å². The van der Waals surface area contributed by atoms with Crippen LogP contribution in [0.25, 0.3) is 0 Å². The molecule has 2 rings (SSSR count). The largest absolute Gasteiger partial charge is 0.481 e. The highest BCUT2D eigenvalue weighted by Gasteiger charge is 2.36. The van der Waals surface area contributed by atoms with Crippen molar-refractivity contribution in [1.29, 1.82) is 0 Å². The Kier molecular flexibility index (Phi) is 4.27. The van der Waals surface area contributed by atoms with Crippen LogP contribution in [0.4, 0.5) is 5.69 Å². The second-order valence-electron chi connectivity index (χ2n) is 5.15. The van der Waals surface area contributed by atoms with Crippen LogP contribution in [0.15, 0.2) is 30.3 Å². The van der Waals surface area contributed by atoms with Crippen LogP contribution in [0, 0.1) is 0 Å². The van der Waals surface area contributed by atoms with Gasteiger partial charge in [0.25, 0.3) is 0 Å². The van der Waals surface area contributed by atoms with Crippen molar-refractivity contribution >= 4 is 17.6 Å². The average molecular weight is 276 g/mol. The fraction of sp³-hybridized carbons (Fsp3) is 0.467. The van der Waals surface area contributed by atoms with E-state index in [1.807, 2.05) is 37.3 Å². The molecule has 0 spiro atoms. The van der Waals surface area contributed by atoms with Gasteiger partial charge >= 0.3 is 5.97 Å². The Hall–Kier alpha value is -2.04. The molecule has 1 aliphatic heterocycles. The van der Waals surface area contributed by atoms with E-state index in [4.69, 9.17) is 5.11 Å². The number of carboxylic acids is 1. The van der Waals surface area contributed by atoms with Crippen LogP contribution in [-0.4, -0.2) is 47.1 Å². The quantitative estimate of drug-likeness (QED) is 0.910. The van der Waals surface area contributed by atoms with Crippen LogP contribution in [0.2, 0.25) is 0 Å². The van der Waals surface area contributed by atoms with Crippen LogP contribution in [0.3, 0.4) is 0 Å². The molecule has 0 aromatic heterocycles. The molecule has 1 amide bonds. The highest BCUT2D eigenvalue weighted by Crippen LogP contribution is 2.26. The third kappa shape index (κ3) is 2.92. The third-order valence-corrected chi connectivity index (χ3v) is 3.91. The summed E-state index contributed by atoms with van der Waals surface area (Å²) in [6.07, 6.45) is 0.0276. The summed E-state index contributed by atoms with van der Waals surface area (Å²) in [6, 6.07) is 9.45. The molecule has 0 saturated carbocycles. The minimum absolute atomic E-state index is 0.000556. The van der Waals surface area contributed by atoms with E-state index < -0.39 is 5.97 Å². The zero-order valence-electron chi connectivity index (χ0n) is 11.8. The van der Waals surface area contributed by atoms with Crippen molar-refractivity contribution in [2.75, 3.05) is 18.0 Å². The number of carbonyl (C=O) groups excluding carboxylic acids is 1. The van der Waals surface area contributed by atoms with Gasteiger partial charge in [-0.05, 0) is 19.1 Å². The van der Waals surface area contributed by atoms with Gasteiger partial charge in [-0.15, -0.1) is 0 Å². The lowest BCUT2D eigenvalue weighted by molar-refractivity contribution is -0.140. The molecule has 5 nitrogen and oxygen atoms in total. The zero-order chi connectivity index (χ0) is 14.7. The fourth-order valence-electron chi connectivity index (χ4n) is 2.90. The van der Waals surface area contributed by atoms with Gasteiger partial charge in [-0.25, -0.2) is 0 Å². The van der Waals surface area contributed by atoms with E-state index in [-0.39, 0.29) is 24.4 Å². The van der Waals surface area contributed by atoms with Crippen molar-refractivity contribution < 1.29 is 14.7 Å². The van der Waals surface area contributed by atoms with Gasteiger partial charge in [0.2, 0.25) is 5.91 Å². The number of nitrogens with zero attached hydrogens (tertiary/aromatic N) is 2. The maximum atomic E-state index is 11.6. The molecule has 1 heterocycles. The van der Waals surface area contributed by atoms with E-state index in [1.165, 1.54) is 6.92 Å². The van der Waals surface area contributed by atoms with Gasteiger partial charge in [-0.1, -0.05) is 18.2 Å². The van der Waals surface area contributed by atoms with Gasteiger partial charge in [-0.2, -0.15) is 0 Å². The summed E-state index contributed by atoms with van der Waals surface area (Å²) >= 11 is 0. The van der Waals surface area contributed by atoms with Crippen molar-refractivity contribution in [3.05, 3.63) is 30.3 Å². The smallest absolute Gasteiger partial charge is 0.305 e. The van der Waals surface area contributed by atoms with Gasteiger partial charge in [-0.3, -0.25) is 9.59 Å². The number of rotatable bonds is 3. The minimum Gasteiger partial charge on any atom is -0.481 e. The number of anilines is 1. The number of piperazine rings is 1. The highest BCUT2D eigenvalue weighted by molar-refractivity contribution is 5.75. The Morgan fingerprint density at radius 3 is 2.45 bits per heavy atom. The number of para-hydroxylation sites is 1. The maximum absolute atomic E-state index is 11.6. The number of hydrogen-bond acceptors (Lipinski definition) is 3. The minimum atomic E-state index is -0.840. The second kappa shape index (κ2) is 5.94. The molecule has 0 unspecified atom stereocenters. The molecule has 0 bridgehead atoms. The molecule has 1 N–H and O–H groups in total. The molecule has 1 aliphatic rings.